The number of fused-ring (bicyclic) bond motifs is 9. The second kappa shape index (κ2) is 33.4. The number of imidazole rings is 3. The first-order valence-electron chi connectivity index (χ1n) is 39.1. The summed E-state index contributed by atoms with van der Waals surface area (Å²) in [6.45, 7) is 15.8. The van der Waals surface area contributed by atoms with E-state index in [9.17, 15) is 67.1 Å². The molecule has 3 unspecified atom stereocenters. The third-order valence-electron chi connectivity index (χ3n) is 22.6. The fraction of sp³-hybridized carbons (Fsp3) is 0.595. The van der Waals surface area contributed by atoms with E-state index in [4.69, 9.17) is 14.6 Å². The van der Waals surface area contributed by atoms with Crippen molar-refractivity contribution in [2.45, 2.75) is 242 Å². The summed E-state index contributed by atoms with van der Waals surface area (Å²) >= 11 is 0. The van der Waals surface area contributed by atoms with Crippen molar-refractivity contribution in [1.29, 1.82) is 0 Å². The van der Waals surface area contributed by atoms with Crippen LogP contribution in [0.25, 0.3) is 33.1 Å². The van der Waals surface area contributed by atoms with Gasteiger partial charge in [-0.05, 0) is 173 Å². The number of amides is 10. The molecule has 12 heterocycles. The first kappa shape index (κ1) is 80.3. The number of aryl methyl sites for hydroxylation is 6. The Bertz CT molecular complexity index is 4790. The van der Waals surface area contributed by atoms with Crippen LogP contribution in [0.4, 0.5) is 9.59 Å². The molecule has 15 rings (SSSR count). The standard InChI is InChI=1S/C28H37N5O6.C23H29N5O4.C17H19N3O5.C11H20N2O2/c1-28(2,3)39-27(38)32-18-11-12-19(32)16-31(15-18)23(35)10-6-8-17-7-5-9-20-24(17)30(4)26(37)33(20)21-13-14-22(34)29-25(21)36;1-26-21-14(5-3-7-20(30)27-12-15-8-9-16(13-27)24-15)4-2-6-17(21)28(23(26)32)18-10-11-19(29)25-22(18)31;1-19-15-10(5-3-7-14(22)23)4-2-6-11(15)20(17(19)25)12-8-9-13(21)18-16(12)24;1-11(2,3)15-10(14)13-8-4-5-9(13)7-12-6-8/h5,7,9,18-19,21H,6,8,10-16H2,1-4H3,(H,29,34,36);2,4,6,15-16,18,24H,3,5,7-13H2,1H3,(H,25,29,31);2,4,6,12H,3,5,7-9H2,1H3,(H,22,23)(H,18,21,24);8-9,12H,4-7H2,1-3H3/t18-,19+,21?;15-,16+,18?;;8-,9+. The predicted molar refractivity (Wildman–Crippen MR) is 408 cm³/mol. The number of rotatable bonds is 15. The Labute approximate surface area is 641 Å². The fourth-order valence-corrected chi connectivity index (χ4v) is 17.6. The Morgan fingerprint density at radius 2 is 0.757 bits per heavy atom. The third-order valence-corrected chi connectivity index (χ3v) is 22.6. The molecule has 9 aliphatic rings. The van der Waals surface area contributed by atoms with Crippen LogP contribution in [0, 0.1) is 0 Å². The number of benzene rings is 3. The number of para-hydroxylation sites is 3. The minimum Gasteiger partial charge on any atom is -0.481 e. The van der Waals surface area contributed by atoms with Crippen LogP contribution in [0.5, 0.6) is 0 Å². The van der Waals surface area contributed by atoms with E-state index in [0.717, 1.165) is 92.4 Å². The predicted octanol–water partition coefficient (Wildman–Crippen LogP) is 4.94. The molecular weight excluding hydrogens is 1430 g/mol. The Kier molecular flexibility index (Phi) is 24.1. The summed E-state index contributed by atoms with van der Waals surface area (Å²) in [5.74, 6) is -2.91. The zero-order chi connectivity index (χ0) is 79.7. The van der Waals surface area contributed by atoms with Crippen LogP contribution < -0.4 is 43.7 Å². The third kappa shape index (κ3) is 17.8. The zero-order valence-electron chi connectivity index (χ0n) is 64.9. The van der Waals surface area contributed by atoms with Crippen molar-refractivity contribution < 1.29 is 67.3 Å². The average Bonchev–Trinajstić information content (AvgIpc) is 1.62. The molecule has 32 heteroatoms. The van der Waals surface area contributed by atoms with Crippen molar-refractivity contribution in [3.8, 4) is 0 Å². The van der Waals surface area contributed by atoms with Gasteiger partial charge < -0.3 is 35.0 Å². The lowest BCUT2D eigenvalue weighted by Crippen LogP contribution is -2.57. The number of carboxylic acid groups (broad SMARTS) is 1. The van der Waals surface area contributed by atoms with E-state index in [1.165, 1.54) is 18.3 Å². The molecule has 3 aromatic heterocycles. The van der Waals surface area contributed by atoms with Crippen LogP contribution in [0.1, 0.15) is 192 Å². The highest BCUT2D eigenvalue weighted by Crippen LogP contribution is 2.35. The number of carbonyl (C=O) groups excluding carboxylic acids is 10. The smallest absolute Gasteiger partial charge is 0.410 e. The van der Waals surface area contributed by atoms with E-state index in [1.54, 1.807) is 42.4 Å². The van der Waals surface area contributed by atoms with Gasteiger partial charge in [-0.3, -0.25) is 96.3 Å². The van der Waals surface area contributed by atoms with Gasteiger partial charge in [0.25, 0.3) is 0 Å². The Balaban J connectivity index is 0.000000144. The molecule has 9 atom stereocenters. The Morgan fingerprint density at radius 3 is 1.09 bits per heavy atom. The van der Waals surface area contributed by atoms with Gasteiger partial charge in [-0.25, -0.2) is 24.0 Å². The number of carbonyl (C=O) groups is 11. The lowest BCUT2D eigenvalue weighted by molar-refractivity contribution is -0.138. The van der Waals surface area contributed by atoms with Crippen molar-refractivity contribution >= 4 is 98.5 Å². The molecule has 32 nitrogen and oxygen atoms in total. The monoisotopic (exact) mass is 1540 g/mol. The van der Waals surface area contributed by atoms with E-state index in [2.05, 4.69) is 26.6 Å². The fourth-order valence-electron chi connectivity index (χ4n) is 17.6. The van der Waals surface area contributed by atoms with Gasteiger partial charge in [0, 0.05) is 123 Å². The number of aromatic nitrogens is 6. The molecule has 10 amide bonds. The molecule has 111 heavy (non-hydrogen) atoms. The zero-order valence-corrected chi connectivity index (χ0v) is 64.9. The summed E-state index contributed by atoms with van der Waals surface area (Å²) < 4.78 is 20.0. The van der Waals surface area contributed by atoms with Gasteiger partial charge in [0.2, 0.25) is 47.3 Å². The molecule has 6 aromatic rings. The minimum atomic E-state index is -0.859. The summed E-state index contributed by atoms with van der Waals surface area (Å²) in [6, 6.07) is 16.1. The first-order valence-corrected chi connectivity index (χ1v) is 39.1. The minimum absolute atomic E-state index is 0.0159. The normalized spacial score (nSPS) is 23.6. The Hall–Kier alpha value is -10.2. The lowest BCUT2D eigenvalue weighted by Gasteiger charge is -2.41. The molecule has 3 aromatic carbocycles. The summed E-state index contributed by atoms with van der Waals surface area (Å²) in [7, 11) is 5.02. The van der Waals surface area contributed by atoms with E-state index < -0.39 is 47.4 Å². The van der Waals surface area contributed by atoms with Crippen molar-refractivity contribution in [2.24, 2.45) is 21.1 Å². The molecule has 0 aliphatic carbocycles. The number of piperidine rings is 3. The lowest BCUT2D eigenvalue weighted by atomic mass is 10.0. The number of hydrogen-bond donors (Lipinski definition) is 6. The molecule has 9 saturated heterocycles. The molecule has 9 fully saturated rings. The molecule has 0 saturated carbocycles. The van der Waals surface area contributed by atoms with Crippen LogP contribution in [0.2, 0.25) is 0 Å². The number of aliphatic carboxylic acids is 1. The molecule has 6 N–H and O–H groups in total. The summed E-state index contributed by atoms with van der Waals surface area (Å²) in [5, 5.41) is 22.6. The van der Waals surface area contributed by atoms with Crippen LogP contribution in [0.3, 0.4) is 0 Å². The summed E-state index contributed by atoms with van der Waals surface area (Å²) in [6.07, 6.45) is 11.8. The molecule has 598 valence electrons. The topological polar surface area (TPSA) is 380 Å². The molecular formula is C79H105N15O17. The van der Waals surface area contributed by atoms with E-state index in [0.29, 0.717) is 117 Å². The highest BCUT2D eigenvalue weighted by molar-refractivity contribution is 6.02. The Morgan fingerprint density at radius 1 is 0.432 bits per heavy atom. The molecule has 9 aliphatic heterocycles. The molecule has 6 bridgehead atoms. The van der Waals surface area contributed by atoms with Gasteiger partial charge in [-0.15, -0.1) is 0 Å². The van der Waals surface area contributed by atoms with Crippen LogP contribution >= 0.6 is 0 Å². The van der Waals surface area contributed by atoms with Gasteiger partial charge in [0.15, 0.2) is 0 Å². The van der Waals surface area contributed by atoms with Crippen molar-refractivity contribution in [2.75, 3.05) is 39.3 Å². The number of nitrogens with zero attached hydrogens (tertiary/aromatic N) is 10. The second-order valence-corrected chi connectivity index (χ2v) is 32.8. The quantitative estimate of drug-likeness (QED) is 0.0742. The number of ether oxygens (including phenoxy) is 2. The summed E-state index contributed by atoms with van der Waals surface area (Å²) in [4.78, 5) is 179. The van der Waals surface area contributed by atoms with Crippen LogP contribution in [0.15, 0.2) is 69.0 Å². The average molecular weight is 1540 g/mol. The number of imide groups is 3. The maximum atomic E-state index is 13.1. The van der Waals surface area contributed by atoms with E-state index in [-0.39, 0.29) is 115 Å². The number of carboxylic acids is 1. The maximum absolute atomic E-state index is 13.1. The highest BCUT2D eigenvalue weighted by atomic mass is 16.6. The molecule has 0 radical (unpaired) electrons. The van der Waals surface area contributed by atoms with Crippen LogP contribution in [-0.4, -0.2) is 204 Å². The SMILES string of the molecule is CC(C)(C)OC(=O)N1[C@@H]2CC[C@H]1CNC2.Cn1c(=O)n(C2CCC(=O)NC2=O)c2cccc(CCCC(=O)N3C[C@H]4CC[C@@H](C3)N4)c21.Cn1c(=O)n(C2CCC(=O)NC2=O)c2cccc(CCCC(=O)N3C[C@H]4CC[C@@H](C3)N4C(=O)OC(C)(C)C)c21.Cn1c(=O)n(C2CCC(=O)NC2=O)c2cccc(CCCC(=O)O)c21. The van der Waals surface area contributed by atoms with Gasteiger partial charge in [-0.2, -0.15) is 0 Å². The number of likely N-dealkylation sites (tertiary alicyclic amines) is 2. The van der Waals surface area contributed by atoms with Gasteiger partial charge in [-0.1, -0.05) is 36.4 Å². The number of hydrogen-bond acceptors (Lipinski definition) is 18. The van der Waals surface area contributed by atoms with Crippen LogP contribution in [-0.2, 0) is 93.0 Å². The largest absolute Gasteiger partial charge is 0.481 e. The highest BCUT2D eigenvalue weighted by Gasteiger charge is 2.46. The van der Waals surface area contributed by atoms with Gasteiger partial charge in [0.05, 0.1) is 45.2 Å². The number of nitrogens with one attached hydrogen (secondary N) is 5. The van der Waals surface area contributed by atoms with Crippen molar-refractivity contribution in [3.05, 3.63) is 103 Å². The maximum Gasteiger partial charge on any atom is 0.410 e. The van der Waals surface area contributed by atoms with Crippen molar-refractivity contribution in [1.82, 2.24) is 73.6 Å². The number of piperazine rings is 3. The van der Waals surface area contributed by atoms with E-state index in [1.807, 2.05) is 104 Å². The second-order valence-electron chi connectivity index (χ2n) is 32.8. The van der Waals surface area contributed by atoms with E-state index >= 15 is 0 Å². The molecule has 0 spiro atoms. The van der Waals surface area contributed by atoms with Gasteiger partial charge in [0.1, 0.15) is 29.3 Å². The first-order chi connectivity index (χ1) is 52.7. The summed E-state index contributed by atoms with van der Waals surface area (Å²) in [5.41, 5.74) is 5.12. The van der Waals surface area contributed by atoms with Crippen molar-refractivity contribution in [3.63, 3.8) is 0 Å². The van der Waals surface area contributed by atoms with Gasteiger partial charge >= 0.3 is 35.2 Å².